The lowest BCUT2D eigenvalue weighted by Crippen LogP contribution is -2.19. The van der Waals surface area contributed by atoms with E-state index in [1.165, 1.54) is 10.9 Å². The van der Waals surface area contributed by atoms with E-state index in [9.17, 15) is 0 Å². The van der Waals surface area contributed by atoms with Gasteiger partial charge in [0.2, 0.25) is 5.88 Å². The van der Waals surface area contributed by atoms with Crippen molar-refractivity contribution in [2.45, 2.75) is 32.9 Å². The van der Waals surface area contributed by atoms with Crippen LogP contribution in [0.25, 0.3) is 10.8 Å². The molecule has 1 unspecified atom stereocenters. The molecule has 2 rings (SSSR count). The Kier molecular flexibility index (Phi) is 5.96. The zero-order chi connectivity index (χ0) is 15.1. The molecule has 1 atom stereocenters. The lowest BCUT2D eigenvalue weighted by Gasteiger charge is -2.16. The third kappa shape index (κ3) is 4.16. The van der Waals surface area contributed by atoms with Gasteiger partial charge in [-0.3, -0.25) is 0 Å². The second kappa shape index (κ2) is 7.96. The van der Waals surface area contributed by atoms with Crippen LogP contribution in [0, 0.1) is 0 Å². The number of aromatic nitrogens is 1. The number of methoxy groups -OCH3 is 1. The number of ether oxygens (including phenoxy) is 2. The van der Waals surface area contributed by atoms with Crippen molar-refractivity contribution >= 4 is 10.8 Å². The van der Waals surface area contributed by atoms with E-state index in [0.717, 1.165) is 24.9 Å². The number of rotatable bonds is 8. The normalized spacial score (nSPS) is 12.5. The fourth-order valence-corrected chi connectivity index (χ4v) is 2.32. The predicted molar refractivity (Wildman–Crippen MR) is 85.7 cm³/mol. The van der Waals surface area contributed by atoms with E-state index in [2.05, 4.69) is 29.4 Å². The van der Waals surface area contributed by atoms with E-state index in [1.54, 1.807) is 7.11 Å². The highest BCUT2D eigenvalue weighted by Gasteiger charge is 2.11. The maximum Gasteiger partial charge on any atom is 0.221 e. The van der Waals surface area contributed by atoms with Gasteiger partial charge in [0.05, 0.1) is 6.61 Å². The summed E-state index contributed by atoms with van der Waals surface area (Å²) >= 11 is 0. The van der Waals surface area contributed by atoms with Crippen molar-refractivity contribution in [2.75, 3.05) is 20.3 Å². The van der Waals surface area contributed by atoms with Gasteiger partial charge in [-0.2, -0.15) is 0 Å². The Morgan fingerprint density at radius 1 is 1.24 bits per heavy atom. The quantitative estimate of drug-likeness (QED) is 0.758. The fraction of sp³-hybridized carbons (Fsp3) is 0.471. The van der Waals surface area contributed by atoms with Crippen molar-refractivity contribution in [3.8, 4) is 5.88 Å². The van der Waals surface area contributed by atoms with E-state index in [0.29, 0.717) is 12.5 Å². The lowest BCUT2D eigenvalue weighted by molar-refractivity contribution is 0.0901. The van der Waals surface area contributed by atoms with E-state index < -0.39 is 0 Å². The Hall–Kier alpha value is -1.65. The van der Waals surface area contributed by atoms with Crippen LogP contribution in [0.5, 0.6) is 5.88 Å². The molecule has 0 aliphatic carbocycles. The minimum atomic E-state index is -0.0185. The minimum absolute atomic E-state index is 0.0185. The minimum Gasteiger partial charge on any atom is -0.472 e. The molecular formula is C17H24N2O2. The zero-order valence-electron chi connectivity index (χ0n) is 13.1. The number of hydrogen-bond acceptors (Lipinski definition) is 4. The number of pyridine rings is 1. The molecular weight excluding hydrogens is 264 g/mol. The number of fused-ring (bicyclic) bond motifs is 1. The van der Waals surface area contributed by atoms with Gasteiger partial charge in [0.1, 0.15) is 6.10 Å². The van der Waals surface area contributed by atoms with Gasteiger partial charge in [0.15, 0.2) is 0 Å². The number of hydrogen-bond donors (Lipinski definition) is 1. The molecule has 0 radical (unpaired) electrons. The Morgan fingerprint density at radius 2 is 2.00 bits per heavy atom. The SMILES string of the molecule is CCCNCc1cnc(OC(C)COC)c2ccccc12. The van der Waals surface area contributed by atoms with E-state index in [-0.39, 0.29) is 6.10 Å². The third-order valence-electron chi connectivity index (χ3n) is 3.30. The topological polar surface area (TPSA) is 43.4 Å². The molecule has 0 saturated heterocycles. The smallest absolute Gasteiger partial charge is 0.221 e. The van der Waals surface area contributed by atoms with Crippen molar-refractivity contribution in [3.05, 3.63) is 36.0 Å². The van der Waals surface area contributed by atoms with Crippen LogP contribution in [0.3, 0.4) is 0 Å². The molecule has 0 saturated carbocycles. The van der Waals surface area contributed by atoms with Gasteiger partial charge in [0, 0.05) is 25.2 Å². The molecule has 1 aromatic carbocycles. The van der Waals surface area contributed by atoms with Gasteiger partial charge in [-0.05, 0) is 36.9 Å². The molecule has 4 heteroatoms. The van der Waals surface area contributed by atoms with Crippen LogP contribution in [-0.2, 0) is 11.3 Å². The van der Waals surface area contributed by atoms with E-state index in [4.69, 9.17) is 9.47 Å². The molecule has 1 aromatic heterocycles. The molecule has 2 aromatic rings. The molecule has 1 heterocycles. The van der Waals surface area contributed by atoms with Crippen molar-refractivity contribution in [2.24, 2.45) is 0 Å². The monoisotopic (exact) mass is 288 g/mol. The Morgan fingerprint density at radius 3 is 2.71 bits per heavy atom. The summed E-state index contributed by atoms with van der Waals surface area (Å²) in [7, 11) is 1.67. The Balaban J connectivity index is 2.26. The fourth-order valence-electron chi connectivity index (χ4n) is 2.32. The average molecular weight is 288 g/mol. The summed E-state index contributed by atoms with van der Waals surface area (Å²) in [5.74, 6) is 0.675. The molecule has 0 amide bonds. The summed E-state index contributed by atoms with van der Waals surface area (Å²) in [4.78, 5) is 4.49. The van der Waals surface area contributed by atoms with Gasteiger partial charge in [-0.25, -0.2) is 4.98 Å². The molecule has 4 nitrogen and oxygen atoms in total. The summed E-state index contributed by atoms with van der Waals surface area (Å²) in [6.45, 7) is 6.54. The van der Waals surface area contributed by atoms with Crippen molar-refractivity contribution in [1.29, 1.82) is 0 Å². The highest BCUT2D eigenvalue weighted by atomic mass is 16.5. The van der Waals surface area contributed by atoms with Crippen LogP contribution < -0.4 is 10.1 Å². The predicted octanol–water partition coefficient (Wildman–Crippen LogP) is 3.15. The highest BCUT2D eigenvalue weighted by molar-refractivity contribution is 5.89. The summed E-state index contributed by atoms with van der Waals surface area (Å²) in [5.41, 5.74) is 1.20. The first-order valence-electron chi connectivity index (χ1n) is 7.49. The Bertz CT molecular complexity index is 572. The van der Waals surface area contributed by atoms with Crippen LogP contribution >= 0.6 is 0 Å². The first-order valence-corrected chi connectivity index (χ1v) is 7.49. The van der Waals surface area contributed by atoms with Gasteiger partial charge in [0.25, 0.3) is 0 Å². The van der Waals surface area contributed by atoms with Crippen molar-refractivity contribution in [3.63, 3.8) is 0 Å². The van der Waals surface area contributed by atoms with Gasteiger partial charge in [-0.1, -0.05) is 25.1 Å². The summed E-state index contributed by atoms with van der Waals surface area (Å²) < 4.78 is 11.0. The summed E-state index contributed by atoms with van der Waals surface area (Å²) in [6, 6.07) is 8.24. The molecule has 1 N–H and O–H groups in total. The molecule has 0 aliphatic rings. The second-order valence-corrected chi connectivity index (χ2v) is 5.19. The van der Waals surface area contributed by atoms with Crippen LogP contribution in [0.15, 0.2) is 30.5 Å². The van der Waals surface area contributed by atoms with Gasteiger partial charge >= 0.3 is 0 Å². The first-order chi connectivity index (χ1) is 10.3. The van der Waals surface area contributed by atoms with E-state index >= 15 is 0 Å². The Labute approximate surface area is 126 Å². The zero-order valence-corrected chi connectivity index (χ0v) is 13.1. The number of nitrogens with one attached hydrogen (secondary N) is 1. The molecule has 0 fully saturated rings. The molecule has 114 valence electrons. The van der Waals surface area contributed by atoms with Crippen LogP contribution in [-0.4, -0.2) is 31.3 Å². The number of benzene rings is 1. The molecule has 21 heavy (non-hydrogen) atoms. The third-order valence-corrected chi connectivity index (χ3v) is 3.30. The van der Waals surface area contributed by atoms with Crippen LogP contribution in [0.2, 0.25) is 0 Å². The molecule has 0 bridgehead atoms. The van der Waals surface area contributed by atoms with Crippen LogP contribution in [0.1, 0.15) is 25.8 Å². The summed E-state index contributed by atoms with van der Waals surface area (Å²) in [6.07, 6.45) is 3.01. The summed E-state index contributed by atoms with van der Waals surface area (Å²) in [5, 5.41) is 5.67. The van der Waals surface area contributed by atoms with Gasteiger partial charge < -0.3 is 14.8 Å². The molecule has 0 aliphatic heterocycles. The van der Waals surface area contributed by atoms with Crippen molar-refractivity contribution in [1.82, 2.24) is 10.3 Å². The maximum absolute atomic E-state index is 5.89. The largest absolute Gasteiger partial charge is 0.472 e. The van der Waals surface area contributed by atoms with Gasteiger partial charge in [-0.15, -0.1) is 0 Å². The van der Waals surface area contributed by atoms with Crippen molar-refractivity contribution < 1.29 is 9.47 Å². The standard InChI is InChI=1S/C17H24N2O2/c1-4-9-18-10-14-11-19-17(21-13(2)12-20-3)16-8-6-5-7-15(14)16/h5-8,11,13,18H,4,9-10,12H2,1-3H3. The first kappa shape index (κ1) is 15.7. The molecule has 0 spiro atoms. The average Bonchev–Trinajstić information content (AvgIpc) is 2.50. The highest BCUT2D eigenvalue weighted by Crippen LogP contribution is 2.26. The lowest BCUT2D eigenvalue weighted by atomic mass is 10.1. The van der Waals surface area contributed by atoms with E-state index in [1.807, 2.05) is 25.3 Å². The maximum atomic E-state index is 5.89. The number of nitrogens with zero attached hydrogens (tertiary/aromatic N) is 1. The second-order valence-electron chi connectivity index (χ2n) is 5.19. The van der Waals surface area contributed by atoms with Crippen LogP contribution in [0.4, 0.5) is 0 Å².